The lowest BCUT2D eigenvalue weighted by atomic mass is 10.1. The lowest BCUT2D eigenvalue weighted by Crippen LogP contribution is -2.35. The van der Waals surface area contributed by atoms with Crippen LogP contribution in [-0.4, -0.2) is 91.1 Å². The van der Waals surface area contributed by atoms with E-state index in [1.807, 2.05) is 0 Å². The molecule has 0 radical (unpaired) electrons. The summed E-state index contributed by atoms with van der Waals surface area (Å²) in [5, 5.41) is 2.76. The van der Waals surface area contributed by atoms with Crippen molar-refractivity contribution < 1.29 is 18.0 Å². The van der Waals surface area contributed by atoms with Crippen LogP contribution in [0.2, 0.25) is 0 Å². The maximum atomic E-state index is 13.7. The molecule has 4 rings (SSSR count). The number of amides is 2. The number of imidazole rings is 1. The number of nitrogens with one attached hydrogen (secondary N) is 2. The van der Waals surface area contributed by atoms with Gasteiger partial charge in [0.05, 0.1) is 16.2 Å². The Balaban J connectivity index is 1.75. The van der Waals surface area contributed by atoms with Crippen LogP contribution in [0.4, 0.5) is 5.69 Å². The highest BCUT2D eigenvalue weighted by atomic mass is 32.2. The van der Waals surface area contributed by atoms with Gasteiger partial charge in [-0.15, -0.1) is 0 Å². The molecule has 0 bridgehead atoms. The van der Waals surface area contributed by atoms with Crippen LogP contribution in [-0.2, 0) is 14.8 Å². The van der Waals surface area contributed by atoms with Crippen molar-refractivity contribution in [3.8, 4) is 0 Å². The Morgan fingerprint density at radius 3 is 2.68 bits per heavy atom. The maximum Gasteiger partial charge on any atom is 0.273 e. The number of rotatable bonds is 5. The minimum Gasteiger partial charge on any atom is -0.343 e. The van der Waals surface area contributed by atoms with Crippen molar-refractivity contribution in [3.05, 3.63) is 41.0 Å². The number of fused-ring (bicyclic) bond motifs is 1. The molecule has 0 atom stereocenters. The second-order valence-electron chi connectivity index (χ2n) is 8.68. The predicted octanol–water partition coefficient (Wildman–Crippen LogP) is 1.63. The third-order valence-corrected chi connectivity index (χ3v) is 8.13. The Bertz CT molecular complexity index is 1260. The fraction of sp³-hybridized carbons (Fsp3) is 0.435. The SMILES string of the molecule is CCN1CCCN(S(=O)(=O)c2cccc3c2/C(=C/c2nc(C(=O)N(C)C)c(C)[nH]2)C(=O)N3)CC1. The first-order chi connectivity index (χ1) is 16.1. The van der Waals surface area contributed by atoms with Crippen LogP contribution < -0.4 is 5.32 Å². The van der Waals surface area contributed by atoms with Crippen LogP contribution in [0, 0.1) is 6.92 Å². The molecule has 0 spiro atoms. The summed E-state index contributed by atoms with van der Waals surface area (Å²) in [5.74, 6) is -0.373. The second kappa shape index (κ2) is 9.32. The van der Waals surface area contributed by atoms with Gasteiger partial charge in [-0.05, 0) is 44.6 Å². The van der Waals surface area contributed by atoms with E-state index in [0.717, 1.165) is 19.5 Å². The third kappa shape index (κ3) is 4.38. The van der Waals surface area contributed by atoms with E-state index in [-0.39, 0.29) is 22.1 Å². The molecule has 182 valence electrons. The molecule has 0 unspecified atom stereocenters. The number of aromatic nitrogens is 2. The van der Waals surface area contributed by atoms with Crippen molar-refractivity contribution in [2.45, 2.75) is 25.2 Å². The van der Waals surface area contributed by atoms with Crippen molar-refractivity contribution >= 4 is 39.2 Å². The number of benzene rings is 1. The maximum absolute atomic E-state index is 13.7. The zero-order valence-corrected chi connectivity index (χ0v) is 20.7. The van der Waals surface area contributed by atoms with E-state index in [0.29, 0.717) is 42.4 Å². The molecule has 2 aliphatic rings. The average molecular weight is 487 g/mol. The standard InChI is InChI=1S/C23H30N6O4S/c1-5-28-10-7-11-29(13-12-28)34(32,33)18-9-6-8-17-20(18)16(22(30)25-17)14-19-24-15(2)21(26-19)23(31)27(3)4/h6,8-9,14H,5,7,10-13H2,1-4H3,(H,24,26)(H,25,30)/b16-14-. The number of carbonyl (C=O) groups is 2. The predicted molar refractivity (Wildman–Crippen MR) is 130 cm³/mol. The lowest BCUT2D eigenvalue weighted by molar-refractivity contribution is -0.110. The zero-order chi connectivity index (χ0) is 24.6. The first-order valence-electron chi connectivity index (χ1n) is 11.3. The number of nitrogens with zero attached hydrogens (tertiary/aromatic N) is 4. The number of hydrogen-bond acceptors (Lipinski definition) is 6. The van der Waals surface area contributed by atoms with E-state index >= 15 is 0 Å². The summed E-state index contributed by atoms with van der Waals surface area (Å²) in [4.78, 5) is 36.3. The molecule has 3 heterocycles. The Hall–Kier alpha value is -3.02. The van der Waals surface area contributed by atoms with Crippen molar-refractivity contribution in [3.63, 3.8) is 0 Å². The van der Waals surface area contributed by atoms with E-state index in [1.165, 1.54) is 15.3 Å². The van der Waals surface area contributed by atoms with E-state index in [4.69, 9.17) is 0 Å². The number of H-pyrrole nitrogens is 1. The number of aryl methyl sites for hydroxylation is 1. The Kier molecular flexibility index (Phi) is 6.61. The first kappa shape index (κ1) is 24.1. The number of anilines is 1. The fourth-order valence-corrected chi connectivity index (χ4v) is 6.02. The summed E-state index contributed by atoms with van der Waals surface area (Å²) in [6, 6.07) is 4.86. The van der Waals surface area contributed by atoms with E-state index in [1.54, 1.807) is 39.2 Å². The van der Waals surface area contributed by atoms with Crippen LogP contribution >= 0.6 is 0 Å². The number of aromatic amines is 1. The van der Waals surface area contributed by atoms with Gasteiger partial charge in [-0.3, -0.25) is 9.59 Å². The van der Waals surface area contributed by atoms with Gasteiger partial charge in [0.25, 0.3) is 11.8 Å². The molecule has 1 aromatic heterocycles. The van der Waals surface area contributed by atoms with Crippen LogP contribution in [0.15, 0.2) is 23.1 Å². The number of likely N-dealkylation sites (N-methyl/N-ethyl adjacent to an activating group) is 1. The summed E-state index contributed by atoms with van der Waals surface area (Å²) in [6.45, 7) is 7.01. The molecular weight excluding hydrogens is 456 g/mol. The number of hydrogen-bond donors (Lipinski definition) is 2. The van der Waals surface area contributed by atoms with Crippen molar-refractivity contribution in [1.29, 1.82) is 0 Å². The number of carbonyl (C=O) groups excluding carboxylic acids is 2. The molecular formula is C23H30N6O4S. The molecule has 1 aromatic carbocycles. The molecule has 0 aliphatic carbocycles. The molecule has 34 heavy (non-hydrogen) atoms. The molecule has 2 aromatic rings. The molecule has 1 fully saturated rings. The van der Waals surface area contributed by atoms with Crippen molar-refractivity contribution in [2.75, 3.05) is 52.1 Å². The monoisotopic (exact) mass is 486 g/mol. The number of sulfonamides is 1. The Labute approximate surface area is 199 Å². The normalized spacial score (nSPS) is 18.6. The van der Waals surface area contributed by atoms with Gasteiger partial charge >= 0.3 is 0 Å². The zero-order valence-electron chi connectivity index (χ0n) is 19.9. The molecule has 2 amide bonds. The summed E-state index contributed by atoms with van der Waals surface area (Å²) >= 11 is 0. The molecule has 2 N–H and O–H groups in total. The molecule has 0 saturated carbocycles. The van der Waals surface area contributed by atoms with Gasteiger partial charge in [0.1, 0.15) is 11.5 Å². The van der Waals surface area contributed by atoms with Gasteiger partial charge in [-0.25, -0.2) is 13.4 Å². The molecule has 2 aliphatic heterocycles. The van der Waals surface area contributed by atoms with Crippen LogP contribution in [0.3, 0.4) is 0 Å². The van der Waals surface area contributed by atoms with E-state index in [2.05, 4.69) is 27.1 Å². The van der Waals surface area contributed by atoms with Crippen molar-refractivity contribution in [1.82, 2.24) is 24.1 Å². The third-order valence-electron chi connectivity index (χ3n) is 6.19. The summed E-state index contributed by atoms with van der Waals surface area (Å²) in [6.07, 6.45) is 2.25. The van der Waals surface area contributed by atoms with Gasteiger partial charge in [0, 0.05) is 45.0 Å². The smallest absolute Gasteiger partial charge is 0.273 e. The Morgan fingerprint density at radius 2 is 1.97 bits per heavy atom. The topological polar surface area (TPSA) is 119 Å². The van der Waals surface area contributed by atoms with Gasteiger partial charge in [0.15, 0.2) is 0 Å². The molecule has 11 heteroatoms. The van der Waals surface area contributed by atoms with Crippen molar-refractivity contribution in [2.24, 2.45) is 0 Å². The highest BCUT2D eigenvalue weighted by Gasteiger charge is 2.35. The summed E-state index contributed by atoms with van der Waals surface area (Å²) in [7, 11) is -0.569. The van der Waals surface area contributed by atoms with E-state index in [9.17, 15) is 18.0 Å². The second-order valence-corrected chi connectivity index (χ2v) is 10.6. The molecule has 1 saturated heterocycles. The van der Waals surface area contributed by atoms with Crippen LogP contribution in [0.25, 0.3) is 11.6 Å². The summed E-state index contributed by atoms with van der Waals surface area (Å²) < 4.78 is 28.9. The highest BCUT2D eigenvalue weighted by Crippen LogP contribution is 2.38. The van der Waals surface area contributed by atoms with Gasteiger partial charge in [0.2, 0.25) is 10.0 Å². The van der Waals surface area contributed by atoms with E-state index < -0.39 is 15.9 Å². The van der Waals surface area contributed by atoms with Crippen LogP contribution in [0.1, 0.15) is 40.9 Å². The van der Waals surface area contributed by atoms with Crippen LogP contribution in [0.5, 0.6) is 0 Å². The largest absolute Gasteiger partial charge is 0.343 e. The minimum absolute atomic E-state index is 0.0902. The fourth-order valence-electron chi connectivity index (χ4n) is 4.32. The lowest BCUT2D eigenvalue weighted by Gasteiger charge is -2.22. The minimum atomic E-state index is -3.84. The molecule has 10 nitrogen and oxygen atoms in total. The average Bonchev–Trinajstić information content (AvgIpc) is 3.19. The highest BCUT2D eigenvalue weighted by molar-refractivity contribution is 7.89. The summed E-state index contributed by atoms with van der Waals surface area (Å²) in [5.41, 5.74) is 1.78. The van der Waals surface area contributed by atoms with Gasteiger partial charge in [-0.2, -0.15) is 4.31 Å². The first-order valence-corrected chi connectivity index (χ1v) is 12.7. The Morgan fingerprint density at radius 1 is 1.21 bits per heavy atom. The quantitative estimate of drug-likeness (QED) is 0.620. The van der Waals surface area contributed by atoms with Gasteiger partial charge < -0.3 is 20.1 Å². The van der Waals surface area contributed by atoms with Gasteiger partial charge in [-0.1, -0.05) is 13.0 Å².